The lowest BCUT2D eigenvalue weighted by Crippen LogP contribution is -2.53. The summed E-state index contributed by atoms with van der Waals surface area (Å²) >= 11 is 0. The van der Waals surface area contributed by atoms with Crippen LogP contribution in [0.25, 0.3) is 0 Å². The van der Waals surface area contributed by atoms with Crippen LogP contribution >= 0.6 is 0 Å². The summed E-state index contributed by atoms with van der Waals surface area (Å²) in [6.07, 6.45) is 0. The molecule has 1 aliphatic rings. The third-order valence-electron chi connectivity index (χ3n) is 3.35. The highest BCUT2D eigenvalue weighted by Crippen LogP contribution is 2.27. The van der Waals surface area contributed by atoms with Gasteiger partial charge in [0.25, 0.3) is 0 Å². The summed E-state index contributed by atoms with van der Waals surface area (Å²) in [5.74, 6) is 0.402. The molecule has 1 aliphatic heterocycles. The topological polar surface area (TPSA) is 32.3 Å². The maximum atomic E-state index is 12.2. The quantitative estimate of drug-likeness (QED) is 0.714. The van der Waals surface area contributed by atoms with Crippen molar-refractivity contribution < 1.29 is 4.79 Å². The van der Waals surface area contributed by atoms with Crippen molar-refractivity contribution in [3.63, 3.8) is 0 Å². The van der Waals surface area contributed by atoms with Crippen LogP contribution < -0.4 is 5.32 Å². The first kappa shape index (κ1) is 12.5. The molecule has 1 N–H and O–H groups in total. The van der Waals surface area contributed by atoms with Gasteiger partial charge in [-0.2, -0.15) is 0 Å². The van der Waals surface area contributed by atoms with Crippen LogP contribution in [0.1, 0.15) is 34.6 Å². The number of nitrogens with zero attached hydrogens (tertiary/aromatic N) is 1. The normalized spacial score (nSPS) is 25.1. The van der Waals surface area contributed by atoms with Crippen LogP contribution in [0.15, 0.2) is 0 Å². The van der Waals surface area contributed by atoms with Gasteiger partial charge in [-0.25, -0.2) is 0 Å². The molecule has 2 atom stereocenters. The molecule has 15 heavy (non-hydrogen) atoms. The molecule has 0 aromatic heterocycles. The second-order valence-corrected chi connectivity index (χ2v) is 5.73. The monoisotopic (exact) mass is 212 g/mol. The van der Waals surface area contributed by atoms with E-state index < -0.39 is 0 Å². The SMILES string of the molecule is CC(C(=O)N1CCN[C@@H](C)C1)C(C)(C)C. The Balaban J connectivity index is 2.60. The zero-order valence-electron chi connectivity index (χ0n) is 10.6. The summed E-state index contributed by atoms with van der Waals surface area (Å²) in [7, 11) is 0. The highest BCUT2D eigenvalue weighted by Gasteiger charge is 2.31. The van der Waals surface area contributed by atoms with Gasteiger partial charge in [-0.05, 0) is 12.3 Å². The third kappa shape index (κ3) is 3.20. The van der Waals surface area contributed by atoms with Gasteiger partial charge < -0.3 is 10.2 Å². The zero-order chi connectivity index (χ0) is 11.6. The molecular weight excluding hydrogens is 188 g/mol. The Bertz CT molecular complexity index is 232. The Kier molecular flexibility index (Phi) is 3.77. The first-order chi connectivity index (χ1) is 6.82. The Morgan fingerprint density at radius 3 is 2.53 bits per heavy atom. The summed E-state index contributed by atoms with van der Waals surface area (Å²) in [5, 5.41) is 3.35. The van der Waals surface area contributed by atoms with Crippen LogP contribution in [-0.4, -0.2) is 36.5 Å². The first-order valence-corrected chi connectivity index (χ1v) is 5.84. The molecule has 3 nitrogen and oxygen atoms in total. The summed E-state index contributed by atoms with van der Waals surface area (Å²) in [6, 6.07) is 0.426. The third-order valence-corrected chi connectivity index (χ3v) is 3.35. The van der Waals surface area contributed by atoms with E-state index in [0.29, 0.717) is 11.9 Å². The van der Waals surface area contributed by atoms with Crippen LogP contribution in [0.3, 0.4) is 0 Å². The van der Waals surface area contributed by atoms with E-state index in [1.54, 1.807) is 0 Å². The standard InChI is InChI=1S/C12H24N2O/c1-9-8-14(7-6-13-9)11(15)10(2)12(3,4)5/h9-10,13H,6-8H2,1-5H3/t9-,10?/m0/s1. The van der Waals surface area contributed by atoms with Crippen molar-refractivity contribution in [1.82, 2.24) is 10.2 Å². The second-order valence-electron chi connectivity index (χ2n) is 5.73. The van der Waals surface area contributed by atoms with E-state index in [1.807, 2.05) is 11.8 Å². The average Bonchev–Trinajstić information content (AvgIpc) is 2.14. The van der Waals surface area contributed by atoms with E-state index in [2.05, 4.69) is 33.0 Å². The van der Waals surface area contributed by atoms with Gasteiger partial charge >= 0.3 is 0 Å². The zero-order valence-corrected chi connectivity index (χ0v) is 10.6. The largest absolute Gasteiger partial charge is 0.340 e. The Morgan fingerprint density at radius 1 is 1.47 bits per heavy atom. The molecular formula is C12H24N2O. The minimum Gasteiger partial charge on any atom is -0.340 e. The van der Waals surface area contributed by atoms with Crippen LogP contribution in [0, 0.1) is 11.3 Å². The first-order valence-electron chi connectivity index (χ1n) is 5.84. The van der Waals surface area contributed by atoms with Gasteiger partial charge in [-0.15, -0.1) is 0 Å². The van der Waals surface area contributed by atoms with Crippen LogP contribution in [0.4, 0.5) is 0 Å². The fourth-order valence-electron chi connectivity index (χ4n) is 1.78. The van der Waals surface area contributed by atoms with Crippen LogP contribution in [0.2, 0.25) is 0 Å². The Hall–Kier alpha value is -0.570. The number of hydrogen-bond acceptors (Lipinski definition) is 2. The highest BCUT2D eigenvalue weighted by atomic mass is 16.2. The Morgan fingerprint density at radius 2 is 2.07 bits per heavy atom. The van der Waals surface area contributed by atoms with Crippen molar-refractivity contribution in [2.45, 2.75) is 40.7 Å². The van der Waals surface area contributed by atoms with Crippen molar-refractivity contribution in [2.24, 2.45) is 11.3 Å². The van der Waals surface area contributed by atoms with Gasteiger partial charge in [-0.3, -0.25) is 4.79 Å². The van der Waals surface area contributed by atoms with Crippen molar-refractivity contribution in [3.05, 3.63) is 0 Å². The van der Waals surface area contributed by atoms with Gasteiger partial charge in [0, 0.05) is 31.6 Å². The molecule has 1 heterocycles. The van der Waals surface area contributed by atoms with E-state index in [4.69, 9.17) is 0 Å². The average molecular weight is 212 g/mol. The second kappa shape index (κ2) is 4.52. The van der Waals surface area contributed by atoms with Crippen molar-refractivity contribution in [3.8, 4) is 0 Å². The fourth-order valence-corrected chi connectivity index (χ4v) is 1.78. The Labute approximate surface area is 93.2 Å². The smallest absolute Gasteiger partial charge is 0.226 e. The molecule has 0 saturated carbocycles. The number of carbonyl (C=O) groups is 1. The van der Waals surface area contributed by atoms with E-state index in [9.17, 15) is 4.79 Å². The molecule has 0 aliphatic carbocycles. The molecule has 0 aromatic carbocycles. The molecule has 0 bridgehead atoms. The van der Waals surface area contributed by atoms with Crippen molar-refractivity contribution >= 4 is 5.91 Å². The number of carbonyl (C=O) groups excluding carboxylic acids is 1. The molecule has 0 radical (unpaired) electrons. The van der Waals surface area contributed by atoms with E-state index >= 15 is 0 Å². The van der Waals surface area contributed by atoms with E-state index in [1.165, 1.54) is 0 Å². The lowest BCUT2D eigenvalue weighted by atomic mass is 9.81. The van der Waals surface area contributed by atoms with Gasteiger partial charge in [0.15, 0.2) is 0 Å². The number of rotatable bonds is 1. The van der Waals surface area contributed by atoms with Gasteiger partial charge in [0.1, 0.15) is 0 Å². The summed E-state index contributed by atoms with van der Waals surface area (Å²) in [5.41, 5.74) is 0.0607. The minimum atomic E-state index is 0.0607. The molecule has 1 saturated heterocycles. The van der Waals surface area contributed by atoms with Crippen molar-refractivity contribution in [1.29, 1.82) is 0 Å². The molecule has 88 valence electrons. The molecule has 1 fully saturated rings. The molecule has 3 heteroatoms. The predicted molar refractivity (Wildman–Crippen MR) is 62.7 cm³/mol. The number of hydrogen-bond donors (Lipinski definition) is 1. The number of amides is 1. The van der Waals surface area contributed by atoms with Crippen LogP contribution in [0.5, 0.6) is 0 Å². The summed E-state index contributed by atoms with van der Waals surface area (Å²) < 4.78 is 0. The molecule has 0 aromatic rings. The summed E-state index contributed by atoms with van der Waals surface area (Å²) in [6.45, 7) is 13.2. The predicted octanol–water partition coefficient (Wildman–Crippen LogP) is 1.49. The lowest BCUT2D eigenvalue weighted by Gasteiger charge is -2.37. The van der Waals surface area contributed by atoms with E-state index in [-0.39, 0.29) is 11.3 Å². The maximum absolute atomic E-state index is 12.2. The fraction of sp³-hybridized carbons (Fsp3) is 0.917. The minimum absolute atomic E-state index is 0.0607. The highest BCUT2D eigenvalue weighted by molar-refractivity contribution is 5.79. The number of nitrogens with one attached hydrogen (secondary N) is 1. The molecule has 1 amide bonds. The lowest BCUT2D eigenvalue weighted by molar-refractivity contribution is -0.139. The van der Waals surface area contributed by atoms with Crippen molar-refractivity contribution in [2.75, 3.05) is 19.6 Å². The summed E-state index contributed by atoms with van der Waals surface area (Å²) in [4.78, 5) is 14.2. The molecule has 1 rings (SSSR count). The molecule has 1 unspecified atom stereocenters. The number of piperazine rings is 1. The van der Waals surface area contributed by atoms with Crippen LogP contribution in [-0.2, 0) is 4.79 Å². The van der Waals surface area contributed by atoms with E-state index in [0.717, 1.165) is 19.6 Å². The van der Waals surface area contributed by atoms with Gasteiger partial charge in [-0.1, -0.05) is 27.7 Å². The van der Waals surface area contributed by atoms with Gasteiger partial charge in [0.2, 0.25) is 5.91 Å². The maximum Gasteiger partial charge on any atom is 0.226 e. The van der Waals surface area contributed by atoms with Gasteiger partial charge in [0.05, 0.1) is 0 Å². The molecule has 0 spiro atoms.